The van der Waals surface area contributed by atoms with E-state index in [2.05, 4.69) is 0 Å². The van der Waals surface area contributed by atoms with Crippen LogP contribution in [0.5, 0.6) is 0 Å². The van der Waals surface area contributed by atoms with Crippen LogP contribution < -0.4 is 11.3 Å². The Labute approximate surface area is 110 Å². The van der Waals surface area contributed by atoms with Gasteiger partial charge in [0.25, 0.3) is 5.91 Å². The SMILES string of the molecule is CN(C(=O)c1cc(F)c(NN)c(F)c1)C(C)(C)CO. The molecule has 0 atom stereocenters. The summed E-state index contributed by atoms with van der Waals surface area (Å²) in [6, 6.07) is 1.79. The number of likely N-dealkylation sites (N-methyl/N-ethyl adjacent to an activating group) is 1. The summed E-state index contributed by atoms with van der Waals surface area (Å²) in [5.74, 6) is 2.46. The Bertz CT molecular complexity index is 469. The Morgan fingerprint density at radius 2 is 1.89 bits per heavy atom. The first-order valence-electron chi connectivity index (χ1n) is 5.59. The molecule has 0 unspecified atom stereocenters. The molecule has 1 rings (SSSR count). The molecule has 0 aliphatic heterocycles. The number of halogens is 2. The average Bonchev–Trinajstić information content (AvgIpc) is 2.36. The molecule has 7 heteroatoms. The summed E-state index contributed by atoms with van der Waals surface area (Å²) in [4.78, 5) is 13.3. The van der Waals surface area contributed by atoms with Gasteiger partial charge in [0.05, 0.1) is 12.1 Å². The fraction of sp³-hybridized carbons (Fsp3) is 0.417. The zero-order chi connectivity index (χ0) is 14.8. The molecule has 0 bridgehead atoms. The maximum Gasteiger partial charge on any atom is 0.254 e. The van der Waals surface area contributed by atoms with Gasteiger partial charge in [-0.15, -0.1) is 0 Å². The van der Waals surface area contributed by atoms with E-state index < -0.39 is 28.8 Å². The zero-order valence-corrected chi connectivity index (χ0v) is 11.0. The summed E-state index contributed by atoms with van der Waals surface area (Å²) < 4.78 is 27.0. The highest BCUT2D eigenvalue weighted by Gasteiger charge is 2.28. The minimum Gasteiger partial charge on any atom is -0.394 e. The second kappa shape index (κ2) is 5.50. The van der Waals surface area contributed by atoms with Gasteiger partial charge in [-0.25, -0.2) is 8.78 Å². The normalized spacial score (nSPS) is 11.3. The van der Waals surface area contributed by atoms with Crippen LogP contribution in [0.25, 0.3) is 0 Å². The highest BCUT2D eigenvalue weighted by Crippen LogP contribution is 2.22. The molecule has 4 N–H and O–H groups in total. The van der Waals surface area contributed by atoms with Crippen molar-refractivity contribution in [3.05, 3.63) is 29.3 Å². The highest BCUT2D eigenvalue weighted by atomic mass is 19.1. The summed E-state index contributed by atoms with van der Waals surface area (Å²) in [5.41, 5.74) is 0.393. The van der Waals surface area contributed by atoms with Crippen LogP contribution >= 0.6 is 0 Å². The van der Waals surface area contributed by atoms with Crippen molar-refractivity contribution in [2.24, 2.45) is 5.84 Å². The molecular formula is C12H17F2N3O2. The van der Waals surface area contributed by atoms with Gasteiger partial charge in [0.2, 0.25) is 0 Å². The van der Waals surface area contributed by atoms with Crippen LogP contribution in [0.3, 0.4) is 0 Å². The van der Waals surface area contributed by atoms with Crippen LogP contribution in [0.2, 0.25) is 0 Å². The molecule has 0 heterocycles. The number of hydrazine groups is 1. The van der Waals surface area contributed by atoms with Crippen LogP contribution in [-0.4, -0.2) is 35.1 Å². The second-order valence-electron chi connectivity index (χ2n) is 4.79. The van der Waals surface area contributed by atoms with Crippen LogP contribution in [-0.2, 0) is 0 Å². The van der Waals surface area contributed by atoms with Gasteiger partial charge in [-0.3, -0.25) is 10.6 Å². The van der Waals surface area contributed by atoms with Crippen molar-refractivity contribution in [2.75, 3.05) is 19.1 Å². The Morgan fingerprint density at radius 1 is 1.42 bits per heavy atom. The largest absolute Gasteiger partial charge is 0.394 e. The summed E-state index contributed by atoms with van der Waals surface area (Å²) in [6.07, 6.45) is 0. The monoisotopic (exact) mass is 273 g/mol. The number of carbonyl (C=O) groups excluding carboxylic acids is 1. The van der Waals surface area contributed by atoms with Crippen molar-refractivity contribution in [1.29, 1.82) is 0 Å². The number of carbonyl (C=O) groups is 1. The summed E-state index contributed by atoms with van der Waals surface area (Å²) in [7, 11) is 1.45. The number of benzene rings is 1. The standard InChI is InChI=1S/C12H17F2N3O2/c1-12(2,6-18)17(3)11(19)7-4-8(13)10(16-15)9(14)5-7/h4-5,16,18H,6,15H2,1-3H3. The molecule has 1 aromatic rings. The molecule has 0 radical (unpaired) electrons. The summed E-state index contributed by atoms with van der Waals surface area (Å²) in [5, 5.41) is 9.18. The van der Waals surface area contributed by atoms with Crippen molar-refractivity contribution in [2.45, 2.75) is 19.4 Å². The highest BCUT2D eigenvalue weighted by molar-refractivity contribution is 5.95. The molecule has 0 aliphatic carbocycles. The van der Waals surface area contributed by atoms with E-state index in [4.69, 9.17) is 5.84 Å². The van der Waals surface area contributed by atoms with E-state index in [1.165, 1.54) is 11.9 Å². The number of anilines is 1. The fourth-order valence-electron chi connectivity index (χ4n) is 1.41. The van der Waals surface area contributed by atoms with Crippen molar-refractivity contribution in [1.82, 2.24) is 4.90 Å². The zero-order valence-electron chi connectivity index (χ0n) is 11.0. The van der Waals surface area contributed by atoms with Crippen LogP contribution in [0.1, 0.15) is 24.2 Å². The smallest absolute Gasteiger partial charge is 0.254 e. The van der Waals surface area contributed by atoms with E-state index in [1.54, 1.807) is 13.8 Å². The number of nitrogens with two attached hydrogens (primary N) is 1. The molecule has 106 valence electrons. The van der Waals surface area contributed by atoms with Gasteiger partial charge in [0.1, 0.15) is 5.69 Å². The van der Waals surface area contributed by atoms with E-state index in [0.717, 1.165) is 12.1 Å². The number of rotatable bonds is 4. The Kier molecular flexibility index (Phi) is 4.43. The molecule has 0 aliphatic rings. The first kappa shape index (κ1) is 15.3. The maximum absolute atomic E-state index is 13.5. The van der Waals surface area contributed by atoms with Crippen molar-refractivity contribution < 1.29 is 18.7 Å². The van der Waals surface area contributed by atoms with E-state index in [0.29, 0.717) is 0 Å². The lowest BCUT2D eigenvalue weighted by Crippen LogP contribution is -2.47. The van der Waals surface area contributed by atoms with E-state index in [9.17, 15) is 18.7 Å². The third kappa shape index (κ3) is 2.99. The first-order valence-corrected chi connectivity index (χ1v) is 5.59. The van der Waals surface area contributed by atoms with Gasteiger partial charge in [-0.05, 0) is 26.0 Å². The number of amides is 1. The molecule has 0 fully saturated rings. The van der Waals surface area contributed by atoms with Crippen molar-refractivity contribution in [3.8, 4) is 0 Å². The van der Waals surface area contributed by atoms with Crippen molar-refractivity contribution in [3.63, 3.8) is 0 Å². The Balaban J connectivity index is 3.15. The molecule has 0 saturated heterocycles. The number of hydrogen-bond acceptors (Lipinski definition) is 4. The quantitative estimate of drug-likeness (QED) is 0.567. The number of nitrogens with one attached hydrogen (secondary N) is 1. The minimum atomic E-state index is -0.957. The van der Waals surface area contributed by atoms with Gasteiger partial charge in [-0.2, -0.15) is 0 Å². The third-order valence-electron chi connectivity index (χ3n) is 3.03. The summed E-state index contributed by atoms with van der Waals surface area (Å²) in [6.45, 7) is 2.99. The lowest BCUT2D eigenvalue weighted by Gasteiger charge is -2.34. The number of hydrogen-bond donors (Lipinski definition) is 3. The number of aliphatic hydroxyl groups is 1. The molecule has 5 nitrogen and oxygen atoms in total. The number of aliphatic hydroxyl groups excluding tert-OH is 1. The predicted molar refractivity (Wildman–Crippen MR) is 67.4 cm³/mol. The lowest BCUT2D eigenvalue weighted by molar-refractivity contribution is 0.0472. The van der Waals surface area contributed by atoms with Crippen LogP contribution in [0.4, 0.5) is 14.5 Å². The van der Waals surface area contributed by atoms with Gasteiger partial charge in [0, 0.05) is 12.6 Å². The van der Waals surface area contributed by atoms with E-state index >= 15 is 0 Å². The lowest BCUT2D eigenvalue weighted by atomic mass is 10.0. The van der Waals surface area contributed by atoms with Gasteiger partial charge >= 0.3 is 0 Å². The Hall–Kier alpha value is -1.73. The van der Waals surface area contributed by atoms with Crippen LogP contribution in [0, 0.1) is 11.6 Å². The van der Waals surface area contributed by atoms with Gasteiger partial charge < -0.3 is 15.4 Å². The minimum absolute atomic E-state index is 0.155. The Morgan fingerprint density at radius 3 is 2.26 bits per heavy atom. The maximum atomic E-state index is 13.5. The second-order valence-corrected chi connectivity index (χ2v) is 4.79. The van der Waals surface area contributed by atoms with Crippen molar-refractivity contribution >= 4 is 11.6 Å². The number of nitrogen functional groups attached to an aromatic ring is 1. The molecule has 1 aromatic carbocycles. The predicted octanol–water partition coefficient (Wildman–Crippen LogP) is 1.09. The third-order valence-corrected chi connectivity index (χ3v) is 3.03. The molecule has 19 heavy (non-hydrogen) atoms. The average molecular weight is 273 g/mol. The molecular weight excluding hydrogens is 256 g/mol. The van der Waals surface area contributed by atoms with E-state index in [-0.39, 0.29) is 12.2 Å². The van der Waals surface area contributed by atoms with Gasteiger partial charge in [-0.1, -0.05) is 0 Å². The fourth-order valence-corrected chi connectivity index (χ4v) is 1.41. The number of nitrogens with zero attached hydrogens (tertiary/aromatic N) is 1. The molecule has 0 saturated carbocycles. The van der Waals surface area contributed by atoms with Crippen LogP contribution in [0.15, 0.2) is 12.1 Å². The molecule has 0 spiro atoms. The topological polar surface area (TPSA) is 78.6 Å². The van der Waals surface area contributed by atoms with E-state index in [1.807, 2.05) is 5.43 Å². The molecule has 1 amide bonds. The molecule has 0 aromatic heterocycles. The first-order chi connectivity index (χ1) is 8.74. The van der Waals surface area contributed by atoms with Gasteiger partial charge in [0.15, 0.2) is 11.6 Å². The summed E-state index contributed by atoms with van der Waals surface area (Å²) >= 11 is 0.